The van der Waals surface area contributed by atoms with Crippen molar-refractivity contribution in [3.63, 3.8) is 0 Å². The van der Waals surface area contributed by atoms with E-state index in [2.05, 4.69) is 10.1 Å². The zero-order valence-corrected chi connectivity index (χ0v) is 20.5. The normalized spacial score (nSPS) is 12.0. The van der Waals surface area contributed by atoms with E-state index >= 15 is 0 Å². The van der Waals surface area contributed by atoms with Crippen LogP contribution < -0.4 is 0 Å². The number of pyridine rings is 1. The Bertz CT molecular complexity index is 1290. The van der Waals surface area contributed by atoms with Crippen molar-refractivity contribution in [3.8, 4) is 5.69 Å². The van der Waals surface area contributed by atoms with Gasteiger partial charge in [-0.3, -0.25) is 0 Å². The number of amides is 1. The van der Waals surface area contributed by atoms with Crippen molar-refractivity contribution < 1.29 is 22.3 Å². The summed E-state index contributed by atoms with van der Waals surface area (Å²) < 4.78 is 47.6. The lowest BCUT2D eigenvalue weighted by Crippen LogP contribution is -2.42. The van der Waals surface area contributed by atoms with Gasteiger partial charge in [0.15, 0.2) is 10.8 Å². The van der Waals surface area contributed by atoms with E-state index < -0.39 is 27.3 Å². The Morgan fingerprint density at radius 2 is 1.91 bits per heavy atom. The van der Waals surface area contributed by atoms with Crippen molar-refractivity contribution in [2.45, 2.75) is 42.8 Å². The maximum atomic E-state index is 14.8. The largest absolute Gasteiger partial charge is 0.443 e. The highest BCUT2D eigenvalue weighted by atomic mass is 35.5. The molecule has 8 nitrogen and oxygen atoms in total. The van der Waals surface area contributed by atoms with Crippen molar-refractivity contribution >= 4 is 39.1 Å². The van der Waals surface area contributed by atoms with Crippen LogP contribution in [0.2, 0.25) is 10.2 Å². The van der Waals surface area contributed by atoms with Gasteiger partial charge in [-0.25, -0.2) is 27.3 Å². The molecular weight excluding hydrogens is 494 g/mol. The second-order valence-electron chi connectivity index (χ2n) is 8.06. The van der Waals surface area contributed by atoms with Gasteiger partial charge in [0.1, 0.15) is 23.1 Å². The van der Waals surface area contributed by atoms with E-state index in [9.17, 15) is 17.6 Å². The van der Waals surface area contributed by atoms with E-state index in [-0.39, 0.29) is 38.1 Å². The molecule has 2 aromatic heterocycles. The van der Waals surface area contributed by atoms with Crippen LogP contribution >= 0.6 is 23.2 Å². The predicted octanol–water partition coefficient (Wildman–Crippen LogP) is 4.91. The molecular formula is C21H21Cl2FN4O4S. The Balaban J connectivity index is 2.06. The number of rotatable bonds is 5. The average Bonchev–Trinajstić information content (AvgIpc) is 3.18. The summed E-state index contributed by atoms with van der Waals surface area (Å²) in [7, 11) is -2.63. The van der Waals surface area contributed by atoms with E-state index in [0.29, 0.717) is 0 Å². The minimum atomic E-state index is -4.20. The third-order valence-electron chi connectivity index (χ3n) is 4.80. The first-order valence-corrected chi connectivity index (χ1v) is 11.9. The monoisotopic (exact) mass is 514 g/mol. The van der Waals surface area contributed by atoms with Gasteiger partial charge in [-0.05, 0) is 45.0 Å². The van der Waals surface area contributed by atoms with Crippen molar-refractivity contribution in [2.75, 3.05) is 7.05 Å². The molecule has 0 aliphatic carbocycles. The molecule has 2 heterocycles. The molecule has 1 amide bonds. The molecule has 0 aliphatic heterocycles. The smallest absolute Gasteiger partial charge is 0.410 e. The molecule has 12 heteroatoms. The Labute approximate surface area is 200 Å². The van der Waals surface area contributed by atoms with Gasteiger partial charge in [-0.1, -0.05) is 29.3 Å². The lowest BCUT2D eigenvalue weighted by atomic mass is 10.1. The third-order valence-corrected chi connectivity index (χ3v) is 7.02. The van der Waals surface area contributed by atoms with Gasteiger partial charge in [-0.15, -0.1) is 0 Å². The standard InChI is InChI=1S/C21H21Cl2FN4O4S/c1-21(2,3)27(4)20(29)32-12-13-10-18(33(30,31)14-8-9-17(23)25-11-14)28(26-13)16-7-5-6-15(22)19(16)24/h5-11H,12H2,1-4H3. The third kappa shape index (κ3) is 5.29. The SMILES string of the molecule is CN(C(=O)OCc1cc(S(=O)(=O)c2ccc(Cl)nc2)n(-c2cccc(Cl)c2F)n1)C(C)(C)C. The Hall–Kier alpha value is -2.69. The first-order valence-electron chi connectivity index (χ1n) is 9.63. The number of hydrogen-bond acceptors (Lipinski definition) is 6. The fraction of sp³-hybridized carbons (Fsp3) is 0.286. The highest BCUT2D eigenvalue weighted by Gasteiger charge is 2.28. The number of nitrogens with zero attached hydrogens (tertiary/aromatic N) is 4. The van der Waals surface area contributed by atoms with Gasteiger partial charge in [0, 0.05) is 24.8 Å². The fourth-order valence-electron chi connectivity index (χ4n) is 2.65. The summed E-state index contributed by atoms with van der Waals surface area (Å²) in [6, 6.07) is 7.91. The van der Waals surface area contributed by atoms with Crippen LogP contribution in [0.15, 0.2) is 52.5 Å². The van der Waals surface area contributed by atoms with Crippen molar-refractivity contribution in [1.29, 1.82) is 0 Å². The van der Waals surface area contributed by atoms with Gasteiger partial charge in [0.25, 0.3) is 0 Å². The molecule has 0 fully saturated rings. The summed E-state index contributed by atoms with van der Waals surface area (Å²) in [5.41, 5.74) is -0.589. The van der Waals surface area contributed by atoms with Gasteiger partial charge in [-0.2, -0.15) is 5.10 Å². The maximum Gasteiger partial charge on any atom is 0.410 e. The maximum absolute atomic E-state index is 14.8. The fourth-order valence-corrected chi connectivity index (χ4v) is 4.27. The molecule has 33 heavy (non-hydrogen) atoms. The predicted molar refractivity (Wildman–Crippen MR) is 121 cm³/mol. The van der Waals surface area contributed by atoms with Crippen LogP contribution in [0.5, 0.6) is 0 Å². The number of carbonyl (C=O) groups excluding carboxylic acids is 1. The van der Waals surface area contributed by atoms with Gasteiger partial charge in [0.2, 0.25) is 9.84 Å². The number of ether oxygens (including phenoxy) is 1. The zero-order valence-electron chi connectivity index (χ0n) is 18.2. The molecule has 0 radical (unpaired) electrons. The van der Waals surface area contributed by atoms with Crippen LogP contribution in [-0.4, -0.2) is 46.8 Å². The number of carbonyl (C=O) groups is 1. The summed E-state index contributed by atoms with van der Waals surface area (Å²) >= 11 is 11.7. The molecule has 0 bridgehead atoms. The molecule has 0 spiro atoms. The molecule has 0 atom stereocenters. The molecule has 0 saturated carbocycles. The second kappa shape index (κ2) is 9.28. The zero-order chi connectivity index (χ0) is 24.6. The number of benzene rings is 1. The molecule has 0 saturated heterocycles. The summed E-state index contributed by atoms with van der Waals surface area (Å²) in [5, 5.41) is 3.72. The van der Waals surface area contributed by atoms with Crippen molar-refractivity contribution in [2.24, 2.45) is 0 Å². The minimum absolute atomic E-state index is 0.0885. The summed E-state index contributed by atoms with van der Waals surface area (Å²) in [4.78, 5) is 17.3. The highest BCUT2D eigenvalue weighted by molar-refractivity contribution is 7.91. The second-order valence-corrected chi connectivity index (χ2v) is 10.8. The number of aromatic nitrogens is 3. The van der Waals surface area contributed by atoms with E-state index in [1.165, 1.54) is 41.3 Å². The molecule has 3 rings (SSSR count). The lowest BCUT2D eigenvalue weighted by molar-refractivity contribution is 0.0749. The average molecular weight is 515 g/mol. The Morgan fingerprint density at radius 1 is 1.21 bits per heavy atom. The van der Waals surface area contributed by atoms with Crippen molar-refractivity contribution in [3.05, 3.63) is 64.3 Å². The lowest BCUT2D eigenvalue weighted by Gasteiger charge is -2.30. The van der Waals surface area contributed by atoms with Crippen LogP contribution in [0.1, 0.15) is 26.5 Å². The van der Waals surface area contributed by atoms with Crippen LogP contribution in [0.25, 0.3) is 5.69 Å². The minimum Gasteiger partial charge on any atom is -0.443 e. The van der Waals surface area contributed by atoms with Crippen molar-refractivity contribution in [1.82, 2.24) is 19.7 Å². The number of halogens is 3. The first-order chi connectivity index (χ1) is 15.3. The molecule has 1 aromatic carbocycles. The highest BCUT2D eigenvalue weighted by Crippen LogP contribution is 2.28. The summed E-state index contributed by atoms with van der Waals surface area (Å²) in [6.45, 7) is 5.15. The van der Waals surface area contributed by atoms with Crippen LogP contribution in [0.4, 0.5) is 9.18 Å². The Kier molecular flexibility index (Phi) is 7.01. The molecule has 0 N–H and O–H groups in total. The van der Waals surface area contributed by atoms with Gasteiger partial charge in [0.05, 0.1) is 9.92 Å². The van der Waals surface area contributed by atoms with E-state index in [0.717, 1.165) is 10.9 Å². The van der Waals surface area contributed by atoms with Gasteiger partial charge >= 0.3 is 6.09 Å². The van der Waals surface area contributed by atoms with E-state index in [4.69, 9.17) is 27.9 Å². The van der Waals surface area contributed by atoms with Crippen LogP contribution in [0.3, 0.4) is 0 Å². The summed E-state index contributed by atoms with van der Waals surface area (Å²) in [6.07, 6.45) is 0.457. The van der Waals surface area contributed by atoms with E-state index in [1.807, 2.05) is 20.8 Å². The van der Waals surface area contributed by atoms with Crippen LogP contribution in [0, 0.1) is 5.82 Å². The number of hydrogen-bond donors (Lipinski definition) is 0. The molecule has 0 aliphatic rings. The topological polar surface area (TPSA) is 94.4 Å². The molecule has 3 aromatic rings. The first kappa shape index (κ1) is 24.9. The van der Waals surface area contributed by atoms with Crippen LogP contribution in [-0.2, 0) is 21.2 Å². The Morgan fingerprint density at radius 3 is 2.52 bits per heavy atom. The quantitative estimate of drug-likeness (QED) is 0.448. The summed E-state index contributed by atoms with van der Waals surface area (Å²) in [5.74, 6) is -0.857. The molecule has 176 valence electrons. The molecule has 0 unspecified atom stereocenters. The number of sulfone groups is 1. The van der Waals surface area contributed by atoms with Gasteiger partial charge < -0.3 is 9.64 Å². The van der Waals surface area contributed by atoms with E-state index in [1.54, 1.807) is 7.05 Å².